The van der Waals surface area contributed by atoms with Crippen LogP contribution in [0.25, 0.3) is 0 Å². The number of rotatable bonds is 9. The number of aromatic nitrogens is 2. The molecule has 0 saturated heterocycles. The number of carbonyl (C=O) groups excluding carboxylic acids is 1. The van der Waals surface area contributed by atoms with Crippen molar-refractivity contribution in [3.63, 3.8) is 0 Å². The van der Waals surface area contributed by atoms with E-state index in [2.05, 4.69) is 36.2 Å². The third kappa shape index (κ3) is 5.03. The molecule has 2 rings (SSSR count). The normalized spacial score (nSPS) is 14.8. The molecule has 0 atom stereocenters. The Kier molecular flexibility index (Phi) is 7.29. The van der Waals surface area contributed by atoms with E-state index in [9.17, 15) is 4.79 Å². The first kappa shape index (κ1) is 20.4. The number of carbonyl (C=O) groups is 1. The summed E-state index contributed by atoms with van der Waals surface area (Å²) >= 11 is 0. The first-order valence-corrected chi connectivity index (χ1v) is 9.27. The van der Waals surface area contributed by atoms with E-state index in [-0.39, 0.29) is 12.3 Å². The summed E-state index contributed by atoms with van der Waals surface area (Å²) in [5.41, 5.74) is 4.27. The van der Waals surface area contributed by atoms with Crippen LogP contribution >= 0.6 is 0 Å². The number of ketones is 1. The van der Waals surface area contributed by atoms with Crippen LogP contribution in [0.15, 0.2) is 71.8 Å². The fraction of sp³-hybridized carbons (Fsp3) is 0.318. The topological polar surface area (TPSA) is 50.5 Å². The van der Waals surface area contributed by atoms with E-state index < -0.39 is 0 Å². The largest absolute Gasteiger partial charge is 0.340 e. The second-order valence-electron chi connectivity index (χ2n) is 6.22. The van der Waals surface area contributed by atoms with Crippen LogP contribution in [0.5, 0.6) is 0 Å². The van der Waals surface area contributed by atoms with Gasteiger partial charge in [0.15, 0.2) is 5.78 Å². The van der Waals surface area contributed by atoms with Gasteiger partial charge in [0.05, 0.1) is 30.5 Å². The molecule has 0 spiro atoms. The molecule has 2 heterocycles. The summed E-state index contributed by atoms with van der Waals surface area (Å²) in [5, 5.41) is 4.45. The van der Waals surface area contributed by atoms with Crippen molar-refractivity contribution >= 4 is 12.0 Å². The van der Waals surface area contributed by atoms with Gasteiger partial charge in [0, 0.05) is 23.8 Å². The third-order valence-electron chi connectivity index (χ3n) is 4.32. The molecule has 5 heteroatoms. The summed E-state index contributed by atoms with van der Waals surface area (Å²) in [6.07, 6.45) is 14.6. The molecular formula is C22H28N4O. The van der Waals surface area contributed by atoms with Gasteiger partial charge in [0.2, 0.25) is 0 Å². The van der Waals surface area contributed by atoms with Crippen molar-refractivity contribution in [3.05, 3.63) is 78.1 Å². The monoisotopic (exact) mass is 364 g/mol. The molecule has 27 heavy (non-hydrogen) atoms. The Morgan fingerprint density at radius 3 is 2.70 bits per heavy atom. The molecule has 0 amide bonds. The van der Waals surface area contributed by atoms with Crippen molar-refractivity contribution in [1.82, 2.24) is 14.7 Å². The van der Waals surface area contributed by atoms with Crippen molar-refractivity contribution in [2.45, 2.75) is 40.2 Å². The lowest BCUT2D eigenvalue weighted by Gasteiger charge is -2.23. The Labute approximate surface area is 161 Å². The maximum Gasteiger partial charge on any atom is 0.185 e. The second kappa shape index (κ2) is 9.67. The molecule has 0 aromatic carbocycles. The van der Waals surface area contributed by atoms with Crippen molar-refractivity contribution in [2.75, 3.05) is 6.54 Å². The predicted molar refractivity (Wildman–Crippen MR) is 112 cm³/mol. The number of Topliss-reactive ketones (excluding diaryl/α,β-unsaturated/α-hetero) is 1. The first-order valence-electron chi connectivity index (χ1n) is 9.27. The zero-order valence-corrected chi connectivity index (χ0v) is 16.5. The summed E-state index contributed by atoms with van der Waals surface area (Å²) in [4.78, 5) is 19.2. The lowest BCUT2D eigenvalue weighted by atomic mass is 10.1. The molecule has 1 aliphatic heterocycles. The first-order chi connectivity index (χ1) is 13.0. The fourth-order valence-corrected chi connectivity index (χ4v) is 2.97. The highest BCUT2D eigenvalue weighted by Crippen LogP contribution is 2.19. The molecule has 0 bridgehead atoms. The van der Waals surface area contributed by atoms with Gasteiger partial charge in [-0.25, -0.2) is 0 Å². The summed E-state index contributed by atoms with van der Waals surface area (Å²) in [6, 6.07) is 0. The highest BCUT2D eigenvalue weighted by Gasteiger charge is 2.20. The molecule has 0 saturated carbocycles. The van der Waals surface area contributed by atoms with Crippen LogP contribution in [0.4, 0.5) is 0 Å². The minimum atomic E-state index is 0.0224. The fourth-order valence-electron chi connectivity index (χ4n) is 2.97. The van der Waals surface area contributed by atoms with Gasteiger partial charge in [-0.15, -0.1) is 0 Å². The van der Waals surface area contributed by atoms with Crippen LogP contribution < -0.4 is 0 Å². The van der Waals surface area contributed by atoms with Gasteiger partial charge in [-0.2, -0.15) is 5.10 Å². The van der Waals surface area contributed by atoms with Crippen molar-refractivity contribution < 1.29 is 4.79 Å². The van der Waals surface area contributed by atoms with E-state index in [4.69, 9.17) is 0 Å². The molecule has 5 nitrogen and oxygen atoms in total. The number of nitrogens with zero attached hydrogens (tertiary/aromatic N) is 4. The van der Waals surface area contributed by atoms with Gasteiger partial charge in [-0.05, 0) is 31.4 Å². The number of hydrogen-bond donors (Lipinski definition) is 0. The van der Waals surface area contributed by atoms with Crippen LogP contribution in [0.3, 0.4) is 0 Å². The zero-order valence-electron chi connectivity index (χ0n) is 16.5. The molecule has 142 valence electrons. The van der Waals surface area contributed by atoms with E-state index in [1.165, 1.54) is 0 Å². The maximum atomic E-state index is 12.9. The van der Waals surface area contributed by atoms with E-state index in [0.29, 0.717) is 12.1 Å². The molecule has 1 aliphatic rings. The smallest absolute Gasteiger partial charge is 0.185 e. The lowest BCUT2D eigenvalue weighted by Crippen LogP contribution is -2.26. The molecule has 0 aliphatic carbocycles. The SMILES string of the molecule is C=CC1=CN(CC(=O)c2cnn(C/C(=C/CC)N=CC)c2CC)C(=C)C=C1. The average molecular weight is 364 g/mol. The minimum Gasteiger partial charge on any atom is -0.340 e. The number of allylic oxidation sites excluding steroid dienone is 6. The van der Waals surface area contributed by atoms with E-state index >= 15 is 0 Å². The van der Waals surface area contributed by atoms with Gasteiger partial charge in [-0.1, -0.05) is 45.2 Å². The predicted octanol–water partition coefficient (Wildman–Crippen LogP) is 4.47. The zero-order chi connectivity index (χ0) is 19.8. The summed E-state index contributed by atoms with van der Waals surface area (Å²) < 4.78 is 1.87. The van der Waals surface area contributed by atoms with Gasteiger partial charge in [0.25, 0.3) is 0 Å². The Bertz CT molecular complexity index is 836. The van der Waals surface area contributed by atoms with Crippen molar-refractivity contribution in [3.8, 4) is 0 Å². The average Bonchev–Trinajstić information content (AvgIpc) is 3.06. The summed E-state index contributed by atoms with van der Waals surface area (Å²) in [7, 11) is 0. The lowest BCUT2D eigenvalue weighted by molar-refractivity contribution is 0.0966. The molecule has 1 aromatic rings. The molecular weight excluding hydrogens is 336 g/mol. The third-order valence-corrected chi connectivity index (χ3v) is 4.32. The molecule has 0 unspecified atom stereocenters. The highest BCUT2D eigenvalue weighted by atomic mass is 16.1. The van der Waals surface area contributed by atoms with Gasteiger partial charge in [-0.3, -0.25) is 14.5 Å². The summed E-state index contributed by atoms with van der Waals surface area (Å²) in [5.74, 6) is 0.0224. The van der Waals surface area contributed by atoms with E-state index in [1.54, 1.807) is 18.5 Å². The summed E-state index contributed by atoms with van der Waals surface area (Å²) in [6.45, 7) is 14.6. The Morgan fingerprint density at radius 1 is 1.30 bits per heavy atom. The van der Waals surface area contributed by atoms with Crippen LogP contribution in [0, 0.1) is 0 Å². The van der Waals surface area contributed by atoms with Crippen molar-refractivity contribution in [2.24, 2.45) is 4.99 Å². The quantitative estimate of drug-likeness (QED) is 0.480. The standard InChI is InChI=1S/C22H28N4O/c1-6-10-19(23-9-4)15-26-21(8-3)20(13-24-26)22(27)16-25-14-18(7-2)12-11-17(25)5/h7,9-14H,2,5-6,8,15-16H2,1,3-4H3/b19-10-,23-9?. The van der Waals surface area contributed by atoms with Gasteiger partial charge in [0.1, 0.15) is 0 Å². The number of hydrogen-bond acceptors (Lipinski definition) is 4. The molecule has 0 fully saturated rings. The van der Waals surface area contributed by atoms with Gasteiger partial charge >= 0.3 is 0 Å². The minimum absolute atomic E-state index is 0.0224. The molecule has 0 radical (unpaired) electrons. The van der Waals surface area contributed by atoms with Crippen molar-refractivity contribution in [1.29, 1.82) is 0 Å². The number of aliphatic imine (C=N–C) groups is 1. The maximum absolute atomic E-state index is 12.9. The molecule has 1 aromatic heterocycles. The van der Waals surface area contributed by atoms with E-state index in [1.807, 2.05) is 41.8 Å². The second-order valence-corrected chi connectivity index (χ2v) is 6.22. The Morgan fingerprint density at radius 2 is 2.07 bits per heavy atom. The highest BCUT2D eigenvalue weighted by molar-refractivity contribution is 5.98. The van der Waals surface area contributed by atoms with Crippen LogP contribution in [0.2, 0.25) is 0 Å². The van der Waals surface area contributed by atoms with Crippen LogP contribution in [-0.2, 0) is 13.0 Å². The van der Waals surface area contributed by atoms with Crippen LogP contribution in [0.1, 0.15) is 43.2 Å². The molecule has 0 N–H and O–H groups in total. The van der Waals surface area contributed by atoms with Gasteiger partial charge < -0.3 is 4.90 Å². The Balaban J connectivity index is 2.22. The Hall–Kier alpha value is -2.95. The van der Waals surface area contributed by atoms with Crippen LogP contribution in [-0.4, -0.2) is 33.2 Å². The van der Waals surface area contributed by atoms with E-state index in [0.717, 1.165) is 35.5 Å².